The van der Waals surface area contributed by atoms with Gasteiger partial charge in [-0.25, -0.2) is 9.78 Å². The number of anilines is 1. The SMILES string of the molecule is O=C(O)C(=O)Nc1nc(-c2ccc(O)cc2)cs1. The summed E-state index contributed by atoms with van der Waals surface area (Å²) in [6.45, 7) is 0. The molecule has 0 atom stereocenters. The van der Waals surface area contributed by atoms with Gasteiger partial charge >= 0.3 is 11.9 Å². The number of rotatable bonds is 2. The highest BCUT2D eigenvalue weighted by Crippen LogP contribution is 2.26. The molecule has 0 unspecified atom stereocenters. The monoisotopic (exact) mass is 264 g/mol. The zero-order chi connectivity index (χ0) is 13.1. The highest BCUT2D eigenvalue weighted by atomic mass is 32.1. The Balaban J connectivity index is 2.18. The molecule has 2 aromatic rings. The van der Waals surface area contributed by atoms with Crippen molar-refractivity contribution >= 4 is 28.3 Å². The third-order valence-electron chi connectivity index (χ3n) is 2.08. The van der Waals surface area contributed by atoms with Gasteiger partial charge in [0, 0.05) is 10.9 Å². The second kappa shape index (κ2) is 4.84. The Morgan fingerprint density at radius 2 is 1.89 bits per heavy atom. The van der Waals surface area contributed by atoms with Crippen molar-refractivity contribution in [3.63, 3.8) is 0 Å². The van der Waals surface area contributed by atoms with Gasteiger partial charge in [0.05, 0.1) is 5.69 Å². The summed E-state index contributed by atoms with van der Waals surface area (Å²) in [6.07, 6.45) is 0. The van der Waals surface area contributed by atoms with Crippen molar-refractivity contribution in [1.82, 2.24) is 4.98 Å². The van der Waals surface area contributed by atoms with Crippen LogP contribution in [-0.2, 0) is 9.59 Å². The first-order valence-corrected chi connectivity index (χ1v) is 5.73. The zero-order valence-corrected chi connectivity index (χ0v) is 9.77. The number of nitrogens with one attached hydrogen (secondary N) is 1. The summed E-state index contributed by atoms with van der Waals surface area (Å²) in [6, 6.07) is 6.38. The summed E-state index contributed by atoms with van der Waals surface area (Å²) >= 11 is 1.13. The van der Waals surface area contributed by atoms with Crippen LogP contribution in [0.25, 0.3) is 11.3 Å². The molecule has 0 radical (unpaired) electrons. The molecule has 1 amide bonds. The number of aliphatic carboxylic acids is 1. The minimum atomic E-state index is -1.56. The summed E-state index contributed by atoms with van der Waals surface area (Å²) in [4.78, 5) is 25.4. The average molecular weight is 264 g/mol. The predicted octanol–water partition coefficient (Wildman–Crippen LogP) is 1.54. The molecular formula is C11H8N2O4S. The van der Waals surface area contributed by atoms with Gasteiger partial charge in [-0.1, -0.05) is 0 Å². The largest absolute Gasteiger partial charge is 0.508 e. The molecule has 0 fully saturated rings. The van der Waals surface area contributed by atoms with Gasteiger partial charge in [-0.15, -0.1) is 11.3 Å². The Kier molecular flexibility index (Phi) is 3.24. The fourth-order valence-electron chi connectivity index (χ4n) is 1.25. The van der Waals surface area contributed by atoms with E-state index in [1.165, 1.54) is 12.1 Å². The number of aromatic hydroxyl groups is 1. The van der Waals surface area contributed by atoms with Crippen LogP contribution in [0, 0.1) is 0 Å². The molecule has 18 heavy (non-hydrogen) atoms. The standard InChI is InChI=1S/C11H8N2O4S/c14-7-3-1-6(2-4-7)8-5-18-11(12-8)13-9(15)10(16)17/h1-5,14H,(H,16,17)(H,12,13,15). The fourth-order valence-corrected chi connectivity index (χ4v) is 1.96. The maximum Gasteiger partial charge on any atom is 0.394 e. The number of hydrogen-bond donors (Lipinski definition) is 3. The van der Waals surface area contributed by atoms with E-state index < -0.39 is 11.9 Å². The molecule has 0 saturated heterocycles. The molecule has 0 aliphatic rings. The third kappa shape index (κ3) is 2.64. The molecule has 92 valence electrons. The second-order valence-corrected chi connectivity index (χ2v) is 4.20. The number of amides is 1. The van der Waals surface area contributed by atoms with Crippen molar-refractivity contribution in [2.24, 2.45) is 0 Å². The minimum absolute atomic E-state index is 0.147. The Morgan fingerprint density at radius 1 is 1.22 bits per heavy atom. The van der Waals surface area contributed by atoms with E-state index in [0.29, 0.717) is 5.69 Å². The topological polar surface area (TPSA) is 99.5 Å². The van der Waals surface area contributed by atoms with Crippen LogP contribution in [0.3, 0.4) is 0 Å². The number of hydrogen-bond acceptors (Lipinski definition) is 5. The van der Waals surface area contributed by atoms with Crippen molar-refractivity contribution in [2.45, 2.75) is 0 Å². The first kappa shape index (κ1) is 12.1. The van der Waals surface area contributed by atoms with Crippen LogP contribution in [0.2, 0.25) is 0 Å². The van der Waals surface area contributed by atoms with Gasteiger partial charge in [-0.05, 0) is 24.3 Å². The van der Waals surface area contributed by atoms with E-state index in [4.69, 9.17) is 10.2 Å². The van der Waals surface area contributed by atoms with E-state index in [1.807, 2.05) is 0 Å². The Bertz CT molecular complexity index is 591. The van der Waals surface area contributed by atoms with E-state index in [0.717, 1.165) is 16.9 Å². The van der Waals surface area contributed by atoms with Gasteiger partial charge in [0.25, 0.3) is 0 Å². The summed E-state index contributed by atoms with van der Waals surface area (Å²) < 4.78 is 0. The maximum atomic E-state index is 10.9. The predicted molar refractivity (Wildman–Crippen MR) is 65.5 cm³/mol. The van der Waals surface area contributed by atoms with Crippen LogP contribution in [0.5, 0.6) is 5.75 Å². The molecule has 1 aromatic carbocycles. The smallest absolute Gasteiger partial charge is 0.394 e. The lowest BCUT2D eigenvalue weighted by atomic mass is 10.2. The van der Waals surface area contributed by atoms with Crippen LogP contribution in [0.4, 0.5) is 5.13 Å². The molecular weight excluding hydrogens is 256 g/mol. The van der Waals surface area contributed by atoms with E-state index in [-0.39, 0.29) is 10.9 Å². The van der Waals surface area contributed by atoms with Crippen LogP contribution in [-0.4, -0.2) is 27.1 Å². The van der Waals surface area contributed by atoms with E-state index in [9.17, 15) is 9.59 Å². The van der Waals surface area contributed by atoms with E-state index in [2.05, 4.69) is 10.3 Å². The van der Waals surface area contributed by atoms with Crippen LogP contribution in [0.15, 0.2) is 29.6 Å². The maximum absolute atomic E-state index is 10.9. The van der Waals surface area contributed by atoms with Gasteiger partial charge in [0.2, 0.25) is 0 Å². The first-order chi connectivity index (χ1) is 8.56. The number of carboxylic acids is 1. The number of carboxylic acid groups (broad SMARTS) is 1. The van der Waals surface area contributed by atoms with Gasteiger partial charge < -0.3 is 10.2 Å². The van der Waals surface area contributed by atoms with Gasteiger partial charge in [0.1, 0.15) is 5.75 Å². The molecule has 0 aliphatic heterocycles. The lowest BCUT2D eigenvalue weighted by molar-refractivity contribution is -0.147. The third-order valence-corrected chi connectivity index (χ3v) is 2.84. The highest BCUT2D eigenvalue weighted by Gasteiger charge is 2.13. The van der Waals surface area contributed by atoms with Crippen LogP contribution in [0.1, 0.15) is 0 Å². The van der Waals surface area contributed by atoms with Gasteiger partial charge in [0.15, 0.2) is 5.13 Å². The lowest BCUT2D eigenvalue weighted by Gasteiger charge is -1.97. The van der Waals surface area contributed by atoms with Crippen molar-refractivity contribution in [3.05, 3.63) is 29.6 Å². The fraction of sp³-hybridized carbons (Fsp3) is 0. The molecule has 6 nitrogen and oxygen atoms in total. The van der Waals surface area contributed by atoms with Crippen molar-refractivity contribution in [3.8, 4) is 17.0 Å². The molecule has 1 aromatic heterocycles. The zero-order valence-electron chi connectivity index (χ0n) is 8.95. The highest BCUT2D eigenvalue weighted by molar-refractivity contribution is 7.14. The van der Waals surface area contributed by atoms with Crippen molar-refractivity contribution < 1.29 is 19.8 Å². The number of phenolic OH excluding ortho intramolecular Hbond substituents is 1. The van der Waals surface area contributed by atoms with Crippen molar-refractivity contribution in [2.75, 3.05) is 5.32 Å². The molecule has 1 heterocycles. The Hall–Kier alpha value is -2.41. The number of benzene rings is 1. The molecule has 0 saturated carbocycles. The summed E-state index contributed by atoms with van der Waals surface area (Å²) in [5.74, 6) is -2.54. The first-order valence-electron chi connectivity index (χ1n) is 4.85. The normalized spacial score (nSPS) is 10.0. The van der Waals surface area contributed by atoms with Crippen LogP contribution < -0.4 is 5.32 Å². The molecule has 2 rings (SSSR count). The number of phenols is 1. The Morgan fingerprint density at radius 3 is 2.50 bits per heavy atom. The number of thiazole rings is 1. The average Bonchev–Trinajstić information content (AvgIpc) is 2.78. The molecule has 0 spiro atoms. The lowest BCUT2D eigenvalue weighted by Crippen LogP contribution is -2.21. The number of aromatic nitrogens is 1. The molecule has 0 aliphatic carbocycles. The molecule has 7 heteroatoms. The second-order valence-electron chi connectivity index (χ2n) is 3.34. The number of nitrogens with zero attached hydrogens (tertiary/aromatic N) is 1. The molecule has 3 N–H and O–H groups in total. The Labute approximate surface area is 106 Å². The minimum Gasteiger partial charge on any atom is -0.508 e. The number of carbonyl (C=O) groups excluding carboxylic acids is 1. The van der Waals surface area contributed by atoms with Gasteiger partial charge in [-0.3, -0.25) is 10.1 Å². The summed E-state index contributed by atoms with van der Waals surface area (Å²) in [7, 11) is 0. The quantitative estimate of drug-likeness (QED) is 0.714. The molecule has 0 bridgehead atoms. The van der Waals surface area contributed by atoms with E-state index >= 15 is 0 Å². The van der Waals surface area contributed by atoms with E-state index in [1.54, 1.807) is 17.5 Å². The summed E-state index contributed by atoms with van der Waals surface area (Å²) in [5, 5.41) is 21.6. The summed E-state index contributed by atoms with van der Waals surface area (Å²) in [5.41, 5.74) is 1.36. The van der Waals surface area contributed by atoms with Crippen LogP contribution >= 0.6 is 11.3 Å². The number of carbonyl (C=O) groups is 2. The van der Waals surface area contributed by atoms with Gasteiger partial charge in [-0.2, -0.15) is 0 Å². The van der Waals surface area contributed by atoms with Crippen molar-refractivity contribution in [1.29, 1.82) is 0 Å².